The average Bonchev–Trinajstić information content (AvgIpc) is 3.27. The molecule has 0 aliphatic rings. The molecule has 0 aliphatic heterocycles. The van der Waals surface area contributed by atoms with Crippen molar-refractivity contribution in [3.8, 4) is 5.69 Å². The van der Waals surface area contributed by atoms with Crippen molar-refractivity contribution in [2.45, 2.75) is 57.5 Å². The molecular formula is C30H33ClN4OS. The maximum Gasteiger partial charge on any atom is 0.221 e. The molecule has 1 unspecified atom stereocenters. The number of carbonyl (C=O) groups is 1. The number of aromatic nitrogens is 3. The van der Waals surface area contributed by atoms with E-state index in [1.54, 1.807) is 11.8 Å². The number of aryl methyl sites for hydroxylation is 1. The first-order valence-corrected chi connectivity index (χ1v) is 13.8. The Hall–Kier alpha value is -3.09. The predicted octanol–water partition coefficient (Wildman–Crippen LogP) is 7.36. The summed E-state index contributed by atoms with van der Waals surface area (Å²) in [6.45, 7) is 8.24. The number of thioether (sulfide) groups is 1. The number of rotatable bonds is 9. The zero-order chi connectivity index (χ0) is 26.4. The first-order valence-electron chi connectivity index (χ1n) is 12.4. The molecule has 5 nitrogen and oxygen atoms in total. The van der Waals surface area contributed by atoms with Gasteiger partial charge in [0.1, 0.15) is 0 Å². The van der Waals surface area contributed by atoms with Crippen LogP contribution in [-0.2, 0) is 17.0 Å². The van der Waals surface area contributed by atoms with Gasteiger partial charge >= 0.3 is 0 Å². The lowest BCUT2D eigenvalue weighted by Crippen LogP contribution is -2.34. The summed E-state index contributed by atoms with van der Waals surface area (Å²) in [4.78, 5) is 13.1. The van der Waals surface area contributed by atoms with Gasteiger partial charge in [-0.3, -0.25) is 9.36 Å². The number of amides is 1. The van der Waals surface area contributed by atoms with Crippen molar-refractivity contribution in [2.75, 3.05) is 0 Å². The van der Waals surface area contributed by atoms with E-state index in [2.05, 4.69) is 65.1 Å². The van der Waals surface area contributed by atoms with Gasteiger partial charge in [0.05, 0.1) is 11.7 Å². The summed E-state index contributed by atoms with van der Waals surface area (Å²) in [7, 11) is 0. The summed E-state index contributed by atoms with van der Waals surface area (Å²) >= 11 is 8.06. The van der Waals surface area contributed by atoms with Gasteiger partial charge in [-0.25, -0.2) is 0 Å². The normalized spacial score (nSPS) is 12.4. The van der Waals surface area contributed by atoms with Gasteiger partial charge < -0.3 is 5.32 Å². The Morgan fingerprint density at radius 3 is 2.27 bits per heavy atom. The molecule has 37 heavy (non-hydrogen) atoms. The van der Waals surface area contributed by atoms with Gasteiger partial charge in [-0.15, -0.1) is 10.2 Å². The highest BCUT2D eigenvalue weighted by atomic mass is 35.5. The van der Waals surface area contributed by atoms with Crippen LogP contribution < -0.4 is 5.32 Å². The fourth-order valence-electron chi connectivity index (χ4n) is 4.16. The van der Waals surface area contributed by atoms with Crippen molar-refractivity contribution in [1.82, 2.24) is 20.1 Å². The van der Waals surface area contributed by atoms with Crippen molar-refractivity contribution < 1.29 is 4.79 Å². The quantitative estimate of drug-likeness (QED) is 0.229. The zero-order valence-electron chi connectivity index (χ0n) is 21.7. The SMILES string of the molecule is Cc1ccc(Cl)cc1-n1c(SCc2ccccc2)nnc1C(Cc1ccccc1)NC(=O)CC(C)(C)C. The Bertz CT molecular complexity index is 1330. The van der Waals surface area contributed by atoms with Gasteiger partial charge in [-0.05, 0) is 47.6 Å². The summed E-state index contributed by atoms with van der Waals surface area (Å²) in [5.74, 6) is 1.43. The zero-order valence-corrected chi connectivity index (χ0v) is 23.3. The van der Waals surface area contributed by atoms with Crippen molar-refractivity contribution in [2.24, 2.45) is 5.41 Å². The number of benzene rings is 3. The van der Waals surface area contributed by atoms with Gasteiger partial charge in [-0.2, -0.15) is 0 Å². The van der Waals surface area contributed by atoms with Crippen LogP contribution in [0.25, 0.3) is 5.69 Å². The summed E-state index contributed by atoms with van der Waals surface area (Å²) < 4.78 is 2.06. The van der Waals surface area contributed by atoms with Gasteiger partial charge in [0.25, 0.3) is 0 Å². The van der Waals surface area contributed by atoms with Crippen LogP contribution in [0.2, 0.25) is 5.02 Å². The molecule has 0 saturated carbocycles. The third-order valence-corrected chi connectivity index (χ3v) is 7.14. The maximum atomic E-state index is 13.1. The van der Waals surface area contributed by atoms with Crippen molar-refractivity contribution in [1.29, 1.82) is 0 Å². The molecule has 1 amide bonds. The van der Waals surface area contributed by atoms with Crippen LogP contribution in [0, 0.1) is 12.3 Å². The third kappa shape index (κ3) is 7.46. The lowest BCUT2D eigenvalue weighted by Gasteiger charge is -2.23. The largest absolute Gasteiger partial charge is 0.346 e. The van der Waals surface area contributed by atoms with Crippen molar-refractivity contribution in [3.63, 3.8) is 0 Å². The monoisotopic (exact) mass is 532 g/mol. The molecule has 7 heteroatoms. The second-order valence-corrected chi connectivity index (χ2v) is 11.8. The van der Waals surface area contributed by atoms with E-state index in [1.165, 1.54) is 5.56 Å². The van der Waals surface area contributed by atoms with Gasteiger partial charge in [0.2, 0.25) is 5.91 Å². The molecule has 0 saturated heterocycles. The van der Waals surface area contributed by atoms with E-state index in [0.29, 0.717) is 23.7 Å². The van der Waals surface area contributed by atoms with Crippen LogP contribution >= 0.6 is 23.4 Å². The molecule has 0 aliphatic carbocycles. The molecule has 0 spiro atoms. The molecule has 0 bridgehead atoms. The van der Waals surface area contributed by atoms with E-state index in [9.17, 15) is 4.79 Å². The fourth-order valence-corrected chi connectivity index (χ4v) is 5.23. The number of nitrogens with one attached hydrogen (secondary N) is 1. The Labute approximate surface area is 228 Å². The van der Waals surface area contributed by atoms with E-state index < -0.39 is 0 Å². The Kier molecular flexibility index (Phi) is 8.72. The third-order valence-electron chi connectivity index (χ3n) is 5.90. The summed E-state index contributed by atoms with van der Waals surface area (Å²) in [6.07, 6.45) is 1.01. The standard InChI is InChI=1S/C30H33ClN4OS/c1-21-15-16-24(31)18-26(21)35-28(33-34-29(35)37-20-23-13-9-6-10-14-23)25(17-22-11-7-5-8-12-22)32-27(36)19-30(2,3)4/h5-16,18,25H,17,19-20H2,1-4H3,(H,32,36). The summed E-state index contributed by atoms with van der Waals surface area (Å²) in [6, 6.07) is 25.9. The van der Waals surface area contributed by atoms with E-state index in [-0.39, 0.29) is 17.4 Å². The molecule has 1 aromatic heterocycles. The number of hydrogen-bond acceptors (Lipinski definition) is 4. The molecule has 1 heterocycles. The molecule has 0 fully saturated rings. The molecule has 4 rings (SSSR count). The molecule has 192 valence electrons. The van der Waals surface area contributed by atoms with E-state index in [4.69, 9.17) is 11.6 Å². The van der Waals surface area contributed by atoms with Crippen molar-refractivity contribution in [3.05, 3.63) is 106 Å². The average molecular weight is 533 g/mol. The first-order chi connectivity index (χ1) is 17.7. The van der Waals surface area contributed by atoms with E-state index in [0.717, 1.165) is 27.7 Å². The van der Waals surface area contributed by atoms with Crippen LogP contribution in [0.5, 0.6) is 0 Å². The van der Waals surface area contributed by atoms with Gasteiger partial charge in [0.15, 0.2) is 11.0 Å². The number of nitrogens with zero attached hydrogens (tertiary/aromatic N) is 3. The molecule has 4 aromatic rings. The highest BCUT2D eigenvalue weighted by molar-refractivity contribution is 7.98. The lowest BCUT2D eigenvalue weighted by molar-refractivity contribution is -0.123. The highest BCUT2D eigenvalue weighted by Crippen LogP contribution is 2.32. The predicted molar refractivity (Wildman–Crippen MR) is 152 cm³/mol. The topological polar surface area (TPSA) is 59.8 Å². The van der Waals surface area contributed by atoms with Crippen LogP contribution in [0.1, 0.15) is 55.7 Å². The molecule has 1 atom stereocenters. The second-order valence-electron chi connectivity index (χ2n) is 10.4. The number of carbonyl (C=O) groups excluding carboxylic acids is 1. The Morgan fingerprint density at radius 2 is 1.62 bits per heavy atom. The minimum atomic E-state index is -0.366. The van der Waals surface area contributed by atoms with Crippen LogP contribution in [-0.4, -0.2) is 20.7 Å². The number of halogens is 1. The van der Waals surface area contributed by atoms with E-state index in [1.807, 2.05) is 61.5 Å². The fraction of sp³-hybridized carbons (Fsp3) is 0.300. The van der Waals surface area contributed by atoms with Gasteiger partial charge in [-0.1, -0.05) is 111 Å². The first kappa shape index (κ1) is 27.0. The molecule has 0 radical (unpaired) electrons. The van der Waals surface area contributed by atoms with Gasteiger partial charge in [0, 0.05) is 17.2 Å². The maximum absolute atomic E-state index is 13.1. The minimum Gasteiger partial charge on any atom is -0.346 e. The summed E-state index contributed by atoms with van der Waals surface area (Å²) in [5, 5.41) is 13.9. The van der Waals surface area contributed by atoms with E-state index >= 15 is 0 Å². The molecular weight excluding hydrogens is 500 g/mol. The molecule has 3 aromatic carbocycles. The smallest absolute Gasteiger partial charge is 0.221 e. The second kappa shape index (κ2) is 12.0. The Morgan fingerprint density at radius 1 is 0.973 bits per heavy atom. The lowest BCUT2D eigenvalue weighted by atomic mass is 9.91. The molecule has 1 N–H and O–H groups in total. The van der Waals surface area contributed by atoms with Crippen LogP contribution in [0.4, 0.5) is 0 Å². The number of hydrogen-bond donors (Lipinski definition) is 1. The van der Waals surface area contributed by atoms with Crippen LogP contribution in [0.3, 0.4) is 0 Å². The summed E-state index contributed by atoms with van der Waals surface area (Å²) in [5.41, 5.74) is 4.14. The minimum absolute atomic E-state index is 0.00992. The van der Waals surface area contributed by atoms with Crippen molar-refractivity contribution >= 4 is 29.3 Å². The van der Waals surface area contributed by atoms with Crippen LogP contribution in [0.15, 0.2) is 84.0 Å². The highest BCUT2D eigenvalue weighted by Gasteiger charge is 2.27. The Balaban J connectivity index is 1.77.